The molecule has 0 N–H and O–H groups in total. The number of hydrogen-bond acceptors (Lipinski definition) is 2. The van der Waals surface area contributed by atoms with Gasteiger partial charge in [0.25, 0.3) is 5.91 Å². The fraction of sp³-hybridized carbons (Fsp3) is 0.111. The summed E-state index contributed by atoms with van der Waals surface area (Å²) in [4.78, 5) is 18.0. The van der Waals surface area contributed by atoms with Crippen molar-refractivity contribution in [2.75, 3.05) is 7.05 Å². The molecule has 0 fully saturated rings. The molecule has 0 aliphatic rings. The van der Waals surface area contributed by atoms with Crippen LogP contribution < -0.4 is 0 Å². The summed E-state index contributed by atoms with van der Waals surface area (Å²) in [7, 11) is 1.52. The SMILES string of the molecule is CN=C=NC(=O)c1ccccc1. The molecule has 3 heteroatoms. The molecule has 0 unspecified atom stereocenters. The van der Waals surface area contributed by atoms with Crippen molar-refractivity contribution >= 4 is 11.9 Å². The number of carbonyl (C=O) groups is 1. The quantitative estimate of drug-likeness (QED) is 0.575. The zero-order valence-corrected chi connectivity index (χ0v) is 6.69. The second kappa shape index (κ2) is 4.21. The van der Waals surface area contributed by atoms with Crippen molar-refractivity contribution < 1.29 is 4.79 Å². The minimum Gasteiger partial charge on any atom is -0.266 e. The van der Waals surface area contributed by atoms with Crippen LogP contribution in [0.15, 0.2) is 40.3 Å². The summed E-state index contributed by atoms with van der Waals surface area (Å²) in [5.41, 5.74) is 0.550. The van der Waals surface area contributed by atoms with Crippen LogP contribution in [0.3, 0.4) is 0 Å². The van der Waals surface area contributed by atoms with E-state index < -0.39 is 0 Å². The lowest BCUT2D eigenvalue weighted by Crippen LogP contribution is -1.92. The Kier molecular flexibility index (Phi) is 2.94. The summed E-state index contributed by atoms with van der Waals surface area (Å²) >= 11 is 0. The predicted octanol–water partition coefficient (Wildman–Crippen LogP) is 1.63. The Morgan fingerprint density at radius 1 is 1.33 bits per heavy atom. The summed E-state index contributed by atoms with van der Waals surface area (Å²) in [6.07, 6.45) is 0. The van der Waals surface area contributed by atoms with Crippen molar-refractivity contribution in [3.63, 3.8) is 0 Å². The highest BCUT2D eigenvalue weighted by Gasteiger charge is 1.99. The Hall–Kier alpha value is -1.73. The van der Waals surface area contributed by atoms with Gasteiger partial charge in [0.1, 0.15) is 0 Å². The number of aliphatic imine (C=N–C) groups is 2. The Morgan fingerprint density at radius 3 is 2.58 bits per heavy atom. The van der Waals surface area contributed by atoms with E-state index in [1.165, 1.54) is 7.05 Å². The minimum absolute atomic E-state index is 0.318. The molecule has 0 heterocycles. The van der Waals surface area contributed by atoms with Gasteiger partial charge >= 0.3 is 0 Å². The molecular formula is C9H8N2O. The van der Waals surface area contributed by atoms with Crippen LogP contribution in [0.25, 0.3) is 0 Å². The molecule has 0 saturated heterocycles. The van der Waals surface area contributed by atoms with E-state index in [1.807, 2.05) is 6.07 Å². The van der Waals surface area contributed by atoms with E-state index >= 15 is 0 Å². The maximum atomic E-state index is 11.1. The average Bonchev–Trinajstić information content (AvgIpc) is 2.15. The molecule has 3 nitrogen and oxygen atoms in total. The van der Waals surface area contributed by atoms with E-state index in [-0.39, 0.29) is 5.91 Å². The van der Waals surface area contributed by atoms with E-state index in [2.05, 4.69) is 16.0 Å². The third-order valence-electron chi connectivity index (χ3n) is 1.27. The van der Waals surface area contributed by atoms with E-state index in [0.29, 0.717) is 5.56 Å². The Labute approximate surface area is 70.5 Å². The van der Waals surface area contributed by atoms with Gasteiger partial charge in [0.15, 0.2) is 0 Å². The van der Waals surface area contributed by atoms with Gasteiger partial charge in [-0.3, -0.25) is 4.79 Å². The molecule has 0 saturated carbocycles. The van der Waals surface area contributed by atoms with Crippen molar-refractivity contribution in [3.05, 3.63) is 35.9 Å². The van der Waals surface area contributed by atoms with Gasteiger partial charge in [-0.2, -0.15) is 0 Å². The van der Waals surface area contributed by atoms with Gasteiger partial charge in [0, 0.05) is 12.6 Å². The topological polar surface area (TPSA) is 41.8 Å². The highest BCUT2D eigenvalue weighted by molar-refractivity contribution is 5.97. The number of benzene rings is 1. The fourth-order valence-corrected chi connectivity index (χ4v) is 0.741. The molecule has 1 amide bonds. The summed E-state index contributed by atoms with van der Waals surface area (Å²) < 4.78 is 0. The van der Waals surface area contributed by atoms with Crippen LogP contribution >= 0.6 is 0 Å². The summed E-state index contributed by atoms with van der Waals surface area (Å²) in [6.45, 7) is 0. The number of carbonyl (C=O) groups excluding carboxylic acids is 1. The van der Waals surface area contributed by atoms with E-state index in [1.54, 1.807) is 24.3 Å². The first-order valence-electron chi connectivity index (χ1n) is 3.48. The van der Waals surface area contributed by atoms with Crippen LogP contribution in [0.4, 0.5) is 0 Å². The Bertz CT molecular complexity index is 324. The van der Waals surface area contributed by atoms with Gasteiger partial charge in [0.2, 0.25) is 0 Å². The van der Waals surface area contributed by atoms with Crippen molar-refractivity contribution in [1.82, 2.24) is 0 Å². The molecule has 1 aromatic carbocycles. The van der Waals surface area contributed by atoms with Crippen molar-refractivity contribution in [2.45, 2.75) is 0 Å². The normalized spacial score (nSPS) is 8.42. The van der Waals surface area contributed by atoms with Gasteiger partial charge < -0.3 is 0 Å². The highest BCUT2D eigenvalue weighted by atomic mass is 16.1. The van der Waals surface area contributed by atoms with E-state index in [4.69, 9.17) is 0 Å². The number of hydrogen-bond donors (Lipinski definition) is 0. The molecule has 0 aliphatic heterocycles. The lowest BCUT2D eigenvalue weighted by molar-refractivity contribution is 0.100. The van der Waals surface area contributed by atoms with Crippen molar-refractivity contribution in [3.8, 4) is 0 Å². The lowest BCUT2D eigenvalue weighted by atomic mass is 10.2. The molecule has 60 valence electrons. The molecule has 0 radical (unpaired) electrons. The van der Waals surface area contributed by atoms with Crippen LogP contribution in [0.2, 0.25) is 0 Å². The molecule has 0 atom stereocenters. The molecule has 0 aliphatic carbocycles. The number of amides is 1. The van der Waals surface area contributed by atoms with Gasteiger partial charge in [-0.25, -0.2) is 4.99 Å². The first kappa shape index (κ1) is 8.37. The molecular weight excluding hydrogens is 152 g/mol. The first-order valence-corrected chi connectivity index (χ1v) is 3.48. The Morgan fingerprint density at radius 2 is 2.00 bits per heavy atom. The van der Waals surface area contributed by atoms with Crippen LogP contribution in [-0.4, -0.2) is 19.0 Å². The second-order valence-electron chi connectivity index (χ2n) is 2.11. The maximum absolute atomic E-state index is 11.1. The summed E-state index contributed by atoms with van der Waals surface area (Å²) in [5, 5.41) is 0. The molecule has 0 spiro atoms. The third kappa shape index (κ3) is 2.15. The minimum atomic E-state index is -0.318. The van der Waals surface area contributed by atoms with Gasteiger partial charge in [-0.05, 0) is 12.1 Å². The van der Waals surface area contributed by atoms with Crippen LogP contribution in [0.5, 0.6) is 0 Å². The van der Waals surface area contributed by atoms with E-state index in [9.17, 15) is 4.79 Å². The zero-order valence-electron chi connectivity index (χ0n) is 6.69. The summed E-state index contributed by atoms with van der Waals surface area (Å²) in [5.74, 6) is -0.318. The average molecular weight is 160 g/mol. The van der Waals surface area contributed by atoms with Gasteiger partial charge in [-0.1, -0.05) is 18.2 Å². The van der Waals surface area contributed by atoms with E-state index in [0.717, 1.165) is 0 Å². The van der Waals surface area contributed by atoms with Crippen LogP contribution in [0.1, 0.15) is 10.4 Å². The fourth-order valence-electron chi connectivity index (χ4n) is 0.741. The largest absolute Gasteiger partial charge is 0.286 e. The number of rotatable bonds is 1. The van der Waals surface area contributed by atoms with Crippen molar-refractivity contribution in [1.29, 1.82) is 0 Å². The van der Waals surface area contributed by atoms with Crippen molar-refractivity contribution in [2.24, 2.45) is 9.98 Å². The third-order valence-corrected chi connectivity index (χ3v) is 1.27. The summed E-state index contributed by atoms with van der Waals surface area (Å²) in [6, 6.07) is 11.1. The molecule has 0 aromatic heterocycles. The number of nitrogens with zero attached hydrogens (tertiary/aromatic N) is 2. The second-order valence-corrected chi connectivity index (χ2v) is 2.11. The van der Waals surface area contributed by atoms with Gasteiger partial charge in [-0.15, -0.1) is 4.99 Å². The molecule has 0 bridgehead atoms. The van der Waals surface area contributed by atoms with Crippen LogP contribution in [0, 0.1) is 0 Å². The van der Waals surface area contributed by atoms with Crippen LogP contribution in [-0.2, 0) is 0 Å². The monoisotopic (exact) mass is 160 g/mol. The van der Waals surface area contributed by atoms with Gasteiger partial charge in [0.05, 0.1) is 6.01 Å². The molecule has 12 heavy (non-hydrogen) atoms. The standard InChI is InChI=1S/C9H8N2O/c1-10-7-11-9(12)8-5-3-2-4-6-8/h2-6H,1H3. The first-order chi connectivity index (χ1) is 5.84. The Balaban J connectivity index is 2.87. The molecule has 1 aromatic rings. The lowest BCUT2D eigenvalue weighted by Gasteiger charge is -1.89. The highest BCUT2D eigenvalue weighted by Crippen LogP contribution is 1.99. The smallest absolute Gasteiger partial charge is 0.266 e. The predicted molar refractivity (Wildman–Crippen MR) is 46.6 cm³/mol. The molecule has 1 rings (SSSR count). The maximum Gasteiger partial charge on any atom is 0.286 e. The zero-order chi connectivity index (χ0) is 8.81.